The number of hydrogen-bond acceptors (Lipinski definition) is 5. The molecule has 0 atom stereocenters. The number of carbonyl (C=O) groups is 1. The lowest BCUT2D eigenvalue weighted by Crippen LogP contribution is -2.15. The number of aryl methyl sites for hydroxylation is 2. The topological polar surface area (TPSA) is 78.9 Å². The molecule has 0 aliphatic rings. The lowest BCUT2D eigenvalue weighted by molar-refractivity contribution is -0.115. The number of amides is 1. The van der Waals surface area contributed by atoms with E-state index in [-0.39, 0.29) is 18.1 Å². The van der Waals surface area contributed by atoms with Gasteiger partial charge in [0.05, 0.1) is 6.42 Å². The number of hydrogen-bond donors (Lipinski definition) is 3. The summed E-state index contributed by atoms with van der Waals surface area (Å²) >= 11 is 0. The molecule has 0 radical (unpaired) electrons. The molecular weight excluding hydrogens is 417 g/mol. The molecule has 0 spiro atoms. The van der Waals surface area contributed by atoms with E-state index in [4.69, 9.17) is 0 Å². The molecular formula is C26H24FN5O. The normalized spacial score (nSPS) is 10.5. The van der Waals surface area contributed by atoms with Gasteiger partial charge in [0.25, 0.3) is 0 Å². The Morgan fingerprint density at radius 2 is 1.45 bits per heavy atom. The average molecular weight is 442 g/mol. The third-order valence-electron chi connectivity index (χ3n) is 4.91. The molecule has 6 nitrogen and oxygen atoms in total. The fourth-order valence-corrected chi connectivity index (χ4v) is 3.26. The van der Waals surface area contributed by atoms with Crippen molar-refractivity contribution in [2.45, 2.75) is 20.3 Å². The molecule has 166 valence electrons. The van der Waals surface area contributed by atoms with E-state index in [0.29, 0.717) is 23.0 Å². The highest BCUT2D eigenvalue weighted by atomic mass is 19.1. The average Bonchev–Trinajstić information content (AvgIpc) is 2.78. The second kappa shape index (κ2) is 9.91. The lowest BCUT2D eigenvalue weighted by Gasteiger charge is -2.11. The van der Waals surface area contributed by atoms with E-state index in [1.807, 2.05) is 56.3 Å². The van der Waals surface area contributed by atoms with Gasteiger partial charge in [0.1, 0.15) is 11.6 Å². The van der Waals surface area contributed by atoms with Crippen LogP contribution in [-0.4, -0.2) is 15.9 Å². The Kier molecular flexibility index (Phi) is 6.59. The Morgan fingerprint density at radius 1 is 0.818 bits per heavy atom. The summed E-state index contributed by atoms with van der Waals surface area (Å²) in [6.45, 7) is 3.94. The first-order valence-electron chi connectivity index (χ1n) is 10.5. The largest absolute Gasteiger partial charge is 0.340 e. The summed E-state index contributed by atoms with van der Waals surface area (Å²) in [5.74, 6) is 0.481. The quantitative estimate of drug-likeness (QED) is 0.333. The third-order valence-corrected chi connectivity index (χ3v) is 4.91. The molecule has 0 bridgehead atoms. The van der Waals surface area contributed by atoms with Gasteiger partial charge >= 0.3 is 0 Å². The molecule has 0 aliphatic heterocycles. The van der Waals surface area contributed by atoms with Gasteiger partial charge in [-0.05, 0) is 61.9 Å². The molecule has 0 unspecified atom stereocenters. The summed E-state index contributed by atoms with van der Waals surface area (Å²) in [7, 11) is 0. The zero-order valence-electron chi connectivity index (χ0n) is 18.4. The van der Waals surface area contributed by atoms with Crippen molar-refractivity contribution in [2.75, 3.05) is 16.0 Å². The van der Waals surface area contributed by atoms with Crippen molar-refractivity contribution in [3.05, 3.63) is 102 Å². The monoisotopic (exact) mass is 441 g/mol. The predicted molar refractivity (Wildman–Crippen MR) is 130 cm³/mol. The van der Waals surface area contributed by atoms with Crippen LogP contribution in [0, 0.1) is 19.7 Å². The minimum absolute atomic E-state index is 0.0242. The van der Waals surface area contributed by atoms with E-state index in [1.165, 1.54) is 11.6 Å². The standard InChI is InChI=1S/C26H24FN5O/c1-17-7-9-22(10-8-17)31-26-28-18(2)15-24(32-26)29-20-11-13-21(14-12-20)30-25(33)16-19-5-3-4-6-23(19)27/h3-15H,16H2,1-2H3,(H,30,33)(H2,28,29,31,32). The van der Waals surface area contributed by atoms with Crippen LogP contribution in [0.25, 0.3) is 0 Å². The molecule has 1 aromatic heterocycles. The molecule has 1 amide bonds. The number of carbonyl (C=O) groups excluding carboxylic acids is 1. The Labute approximate surface area is 191 Å². The minimum atomic E-state index is -0.386. The number of anilines is 5. The second-order valence-corrected chi connectivity index (χ2v) is 7.73. The first-order chi connectivity index (χ1) is 15.9. The Balaban J connectivity index is 1.39. The van der Waals surface area contributed by atoms with Crippen LogP contribution in [0.15, 0.2) is 78.9 Å². The summed E-state index contributed by atoms with van der Waals surface area (Å²) in [4.78, 5) is 21.2. The van der Waals surface area contributed by atoms with Gasteiger partial charge in [-0.25, -0.2) is 9.37 Å². The van der Waals surface area contributed by atoms with Gasteiger partial charge < -0.3 is 16.0 Å². The van der Waals surface area contributed by atoms with Gasteiger partial charge in [0, 0.05) is 28.8 Å². The van der Waals surface area contributed by atoms with E-state index in [1.54, 1.807) is 30.3 Å². The maximum atomic E-state index is 13.7. The predicted octanol–water partition coefficient (Wildman–Crippen LogP) is 5.90. The van der Waals surface area contributed by atoms with E-state index in [2.05, 4.69) is 25.9 Å². The summed E-state index contributed by atoms with van der Waals surface area (Å²) in [5, 5.41) is 9.26. The van der Waals surface area contributed by atoms with Crippen LogP contribution in [0.5, 0.6) is 0 Å². The number of aromatic nitrogens is 2. The smallest absolute Gasteiger partial charge is 0.229 e. The number of nitrogens with zero attached hydrogens (tertiary/aromatic N) is 2. The van der Waals surface area contributed by atoms with Crippen molar-refractivity contribution in [3.8, 4) is 0 Å². The molecule has 3 aromatic carbocycles. The molecule has 0 fully saturated rings. The first-order valence-corrected chi connectivity index (χ1v) is 10.5. The Morgan fingerprint density at radius 3 is 2.18 bits per heavy atom. The summed E-state index contributed by atoms with van der Waals surface area (Å²) in [6, 6.07) is 23.3. The fraction of sp³-hybridized carbons (Fsp3) is 0.115. The highest BCUT2D eigenvalue weighted by molar-refractivity contribution is 5.92. The number of nitrogens with one attached hydrogen (secondary N) is 3. The SMILES string of the molecule is Cc1ccc(Nc2nc(C)cc(Nc3ccc(NC(=O)Cc4ccccc4F)cc3)n2)cc1. The lowest BCUT2D eigenvalue weighted by atomic mass is 10.1. The van der Waals surface area contributed by atoms with Crippen molar-refractivity contribution in [1.82, 2.24) is 9.97 Å². The zero-order chi connectivity index (χ0) is 23.2. The number of benzene rings is 3. The number of rotatable bonds is 7. The summed E-state index contributed by atoms with van der Waals surface area (Å²) in [6.07, 6.45) is -0.0242. The van der Waals surface area contributed by atoms with Crippen molar-refractivity contribution in [1.29, 1.82) is 0 Å². The maximum absolute atomic E-state index is 13.7. The van der Waals surface area contributed by atoms with E-state index in [0.717, 1.165) is 17.1 Å². The molecule has 33 heavy (non-hydrogen) atoms. The van der Waals surface area contributed by atoms with Crippen LogP contribution >= 0.6 is 0 Å². The zero-order valence-corrected chi connectivity index (χ0v) is 18.4. The van der Waals surface area contributed by atoms with Gasteiger partial charge in [0.15, 0.2) is 0 Å². The highest BCUT2D eigenvalue weighted by Crippen LogP contribution is 2.21. The van der Waals surface area contributed by atoms with Crippen LogP contribution in [0.1, 0.15) is 16.8 Å². The molecule has 4 rings (SSSR count). The first kappa shape index (κ1) is 22.0. The molecule has 0 saturated heterocycles. The maximum Gasteiger partial charge on any atom is 0.229 e. The summed E-state index contributed by atoms with van der Waals surface area (Å²) < 4.78 is 13.7. The van der Waals surface area contributed by atoms with E-state index >= 15 is 0 Å². The van der Waals surface area contributed by atoms with Crippen molar-refractivity contribution in [3.63, 3.8) is 0 Å². The third kappa shape index (κ3) is 6.13. The van der Waals surface area contributed by atoms with E-state index in [9.17, 15) is 9.18 Å². The van der Waals surface area contributed by atoms with Crippen LogP contribution in [0.4, 0.5) is 33.2 Å². The van der Waals surface area contributed by atoms with E-state index < -0.39 is 0 Å². The fourth-order valence-electron chi connectivity index (χ4n) is 3.26. The summed E-state index contributed by atoms with van der Waals surface area (Å²) in [5.41, 5.74) is 4.71. The molecule has 7 heteroatoms. The van der Waals surface area contributed by atoms with Crippen LogP contribution in [-0.2, 0) is 11.2 Å². The van der Waals surface area contributed by atoms with Crippen LogP contribution in [0.3, 0.4) is 0 Å². The van der Waals surface area contributed by atoms with Crippen LogP contribution < -0.4 is 16.0 Å². The van der Waals surface area contributed by atoms with Gasteiger partial charge in [-0.1, -0.05) is 35.9 Å². The Hall–Kier alpha value is -4.26. The highest BCUT2D eigenvalue weighted by Gasteiger charge is 2.08. The Bertz CT molecular complexity index is 1260. The molecule has 3 N–H and O–H groups in total. The molecule has 1 heterocycles. The van der Waals surface area contributed by atoms with Gasteiger partial charge in [-0.3, -0.25) is 4.79 Å². The molecule has 0 saturated carbocycles. The molecule has 0 aliphatic carbocycles. The van der Waals surface area contributed by atoms with Crippen molar-refractivity contribution < 1.29 is 9.18 Å². The van der Waals surface area contributed by atoms with Gasteiger partial charge in [-0.15, -0.1) is 0 Å². The van der Waals surface area contributed by atoms with Crippen LogP contribution in [0.2, 0.25) is 0 Å². The number of halogens is 1. The van der Waals surface area contributed by atoms with Crippen molar-refractivity contribution in [2.24, 2.45) is 0 Å². The molecule has 4 aromatic rings. The minimum Gasteiger partial charge on any atom is -0.340 e. The second-order valence-electron chi connectivity index (χ2n) is 7.73. The van der Waals surface area contributed by atoms with Gasteiger partial charge in [0.2, 0.25) is 11.9 Å². The van der Waals surface area contributed by atoms with Crippen molar-refractivity contribution >= 4 is 34.7 Å². The van der Waals surface area contributed by atoms with Gasteiger partial charge in [-0.2, -0.15) is 4.98 Å².